The largest absolute Gasteiger partial charge is 0.334 e. The van der Waals surface area contributed by atoms with Gasteiger partial charge in [0.1, 0.15) is 0 Å². The molecule has 23 heavy (non-hydrogen) atoms. The molecule has 3 fully saturated rings. The van der Waals surface area contributed by atoms with Gasteiger partial charge < -0.3 is 15.5 Å². The average molecular weight is 334 g/mol. The van der Waals surface area contributed by atoms with Crippen molar-refractivity contribution in [3.05, 3.63) is 22.4 Å². The highest BCUT2D eigenvalue weighted by atomic mass is 32.1. The molecule has 0 aromatic carbocycles. The summed E-state index contributed by atoms with van der Waals surface area (Å²) in [7, 11) is 0. The van der Waals surface area contributed by atoms with E-state index in [0.717, 1.165) is 32.1 Å². The van der Waals surface area contributed by atoms with Crippen molar-refractivity contribution < 1.29 is 4.79 Å². The van der Waals surface area contributed by atoms with Gasteiger partial charge in [-0.1, -0.05) is 0 Å². The fraction of sp³-hybridized carbons (Fsp3) is 0.722. The standard InChI is InChI=1S/C18H27N3OS/c22-17(11-20-10-14-1-2-14)21(12-15-3-8-23-13-15)16-9-18(16)4-6-19-7-5-18/h3,8,13-14,16,19-20H,1-2,4-7,9-12H2. The van der Waals surface area contributed by atoms with Gasteiger partial charge in [0.25, 0.3) is 0 Å². The van der Waals surface area contributed by atoms with E-state index in [1.165, 1.54) is 37.7 Å². The summed E-state index contributed by atoms with van der Waals surface area (Å²) in [5, 5.41) is 11.1. The molecular formula is C18H27N3OS. The Bertz CT molecular complexity index is 534. The molecule has 3 aliphatic rings. The molecule has 1 atom stereocenters. The average Bonchev–Trinajstić information content (AvgIpc) is 3.45. The molecule has 126 valence electrons. The van der Waals surface area contributed by atoms with Crippen LogP contribution in [0.2, 0.25) is 0 Å². The van der Waals surface area contributed by atoms with Gasteiger partial charge in [-0.25, -0.2) is 0 Å². The molecule has 1 amide bonds. The van der Waals surface area contributed by atoms with E-state index in [9.17, 15) is 4.79 Å². The summed E-state index contributed by atoms with van der Waals surface area (Å²) in [6.45, 7) is 4.52. The van der Waals surface area contributed by atoms with Crippen LogP contribution in [0, 0.1) is 11.3 Å². The van der Waals surface area contributed by atoms with E-state index in [1.807, 2.05) is 0 Å². The van der Waals surface area contributed by atoms with Gasteiger partial charge in [0.05, 0.1) is 6.54 Å². The maximum Gasteiger partial charge on any atom is 0.237 e. The molecule has 4 nitrogen and oxygen atoms in total. The Morgan fingerprint density at radius 1 is 1.39 bits per heavy atom. The van der Waals surface area contributed by atoms with Crippen LogP contribution in [0.3, 0.4) is 0 Å². The Morgan fingerprint density at radius 2 is 2.22 bits per heavy atom. The van der Waals surface area contributed by atoms with Crippen LogP contribution in [0.5, 0.6) is 0 Å². The molecule has 1 aromatic rings. The molecule has 5 heteroatoms. The minimum atomic E-state index is 0.289. The normalized spacial score (nSPS) is 25.5. The lowest BCUT2D eigenvalue weighted by Gasteiger charge is -2.29. The molecular weight excluding hydrogens is 306 g/mol. The number of nitrogens with zero attached hydrogens (tertiary/aromatic N) is 1. The van der Waals surface area contributed by atoms with E-state index in [-0.39, 0.29) is 5.91 Å². The zero-order valence-electron chi connectivity index (χ0n) is 13.7. The van der Waals surface area contributed by atoms with Gasteiger partial charge in [-0.2, -0.15) is 11.3 Å². The minimum Gasteiger partial charge on any atom is -0.334 e. The Kier molecular flexibility index (Phi) is 4.43. The van der Waals surface area contributed by atoms with Crippen LogP contribution in [-0.2, 0) is 11.3 Å². The molecule has 1 aliphatic heterocycles. The van der Waals surface area contributed by atoms with Crippen LogP contribution in [0.15, 0.2) is 16.8 Å². The first-order valence-electron chi connectivity index (χ1n) is 8.99. The quantitative estimate of drug-likeness (QED) is 0.804. The molecule has 0 bridgehead atoms. The number of rotatable bonds is 7. The van der Waals surface area contributed by atoms with Crippen molar-refractivity contribution in [3.8, 4) is 0 Å². The Labute approximate surface area is 142 Å². The molecule has 1 aromatic heterocycles. The minimum absolute atomic E-state index is 0.289. The molecule has 1 spiro atoms. The third-order valence-electron chi connectivity index (χ3n) is 5.78. The maximum atomic E-state index is 12.8. The first-order chi connectivity index (χ1) is 11.3. The first-order valence-corrected chi connectivity index (χ1v) is 9.93. The zero-order valence-corrected chi connectivity index (χ0v) is 14.5. The first kappa shape index (κ1) is 15.6. The molecule has 2 heterocycles. The molecule has 2 saturated carbocycles. The second kappa shape index (κ2) is 6.54. The smallest absolute Gasteiger partial charge is 0.237 e. The molecule has 2 aliphatic carbocycles. The Morgan fingerprint density at radius 3 is 2.91 bits per heavy atom. The van der Waals surface area contributed by atoms with Crippen LogP contribution < -0.4 is 10.6 Å². The molecule has 0 radical (unpaired) electrons. The number of hydrogen-bond acceptors (Lipinski definition) is 4. The summed E-state index contributed by atoms with van der Waals surface area (Å²) in [4.78, 5) is 15.0. The summed E-state index contributed by atoms with van der Waals surface area (Å²) >= 11 is 1.72. The molecule has 1 unspecified atom stereocenters. The number of carbonyl (C=O) groups excluding carboxylic acids is 1. The van der Waals surface area contributed by atoms with Crippen LogP contribution in [0.4, 0.5) is 0 Å². The van der Waals surface area contributed by atoms with Crippen molar-refractivity contribution in [1.82, 2.24) is 15.5 Å². The fourth-order valence-electron chi connectivity index (χ4n) is 3.99. The van der Waals surface area contributed by atoms with Crippen LogP contribution >= 0.6 is 11.3 Å². The second-order valence-corrected chi connectivity index (χ2v) is 8.34. The van der Waals surface area contributed by atoms with E-state index in [1.54, 1.807) is 11.3 Å². The molecule has 1 saturated heterocycles. The van der Waals surface area contributed by atoms with Crippen molar-refractivity contribution in [3.63, 3.8) is 0 Å². The summed E-state index contributed by atoms with van der Waals surface area (Å²) < 4.78 is 0. The lowest BCUT2D eigenvalue weighted by atomic mass is 9.93. The number of piperidine rings is 1. The molecule has 2 N–H and O–H groups in total. The van der Waals surface area contributed by atoms with Crippen molar-refractivity contribution in [1.29, 1.82) is 0 Å². The summed E-state index contributed by atoms with van der Waals surface area (Å²) in [5.74, 6) is 1.11. The van der Waals surface area contributed by atoms with E-state index in [2.05, 4.69) is 32.4 Å². The van der Waals surface area contributed by atoms with Gasteiger partial charge >= 0.3 is 0 Å². The van der Waals surface area contributed by atoms with Gasteiger partial charge in [-0.15, -0.1) is 0 Å². The van der Waals surface area contributed by atoms with Gasteiger partial charge in [-0.05, 0) is 85.5 Å². The van der Waals surface area contributed by atoms with Gasteiger partial charge in [0.2, 0.25) is 5.91 Å². The van der Waals surface area contributed by atoms with E-state index >= 15 is 0 Å². The van der Waals surface area contributed by atoms with Crippen LogP contribution in [-0.4, -0.2) is 43.0 Å². The Balaban J connectivity index is 1.39. The highest BCUT2D eigenvalue weighted by molar-refractivity contribution is 7.07. The van der Waals surface area contributed by atoms with Gasteiger partial charge in [0.15, 0.2) is 0 Å². The van der Waals surface area contributed by atoms with Crippen molar-refractivity contribution >= 4 is 17.2 Å². The van der Waals surface area contributed by atoms with E-state index in [4.69, 9.17) is 0 Å². The SMILES string of the molecule is O=C(CNCC1CC1)N(Cc1ccsc1)C1CC12CCNCC2. The molecule has 4 rings (SSSR count). The number of nitrogens with one attached hydrogen (secondary N) is 2. The third-order valence-corrected chi connectivity index (χ3v) is 6.51. The predicted molar refractivity (Wildman–Crippen MR) is 93.4 cm³/mol. The highest BCUT2D eigenvalue weighted by Gasteiger charge is 2.57. The summed E-state index contributed by atoms with van der Waals surface area (Å²) in [5.41, 5.74) is 1.69. The number of carbonyl (C=O) groups is 1. The third kappa shape index (κ3) is 3.62. The van der Waals surface area contributed by atoms with Crippen LogP contribution in [0.25, 0.3) is 0 Å². The Hall–Kier alpha value is -0.910. The topological polar surface area (TPSA) is 44.4 Å². The lowest BCUT2D eigenvalue weighted by molar-refractivity contribution is -0.132. The summed E-state index contributed by atoms with van der Waals surface area (Å²) in [6.07, 6.45) is 6.31. The number of hydrogen-bond donors (Lipinski definition) is 2. The second-order valence-electron chi connectivity index (χ2n) is 7.56. The fourth-order valence-corrected chi connectivity index (χ4v) is 4.65. The number of amides is 1. The van der Waals surface area contributed by atoms with Crippen molar-refractivity contribution in [2.24, 2.45) is 11.3 Å². The zero-order chi connectivity index (χ0) is 15.7. The van der Waals surface area contributed by atoms with Gasteiger partial charge in [-0.3, -0.25) is 4.79 Å². The maximum absolute atomic E-state index is 12.8. The monoisotopic (exact) mass is 333 g/mol. The lowest BCUT2D eigenvalue weighted by Crippen LogP contribution is -2.43. The van der Waals surface area contributed by atoms with Crippen molar-refractivity contribution in [2.75, 3.05) is 26.2 Å². The van der Waals surface area contributed by atoms with E-state index in [0.29, 0.717) is 18.0 Å². The predicted octanol–water partition coefficient (Wildman–Crippen LogP) is 2.22. The van der Waals surface area contributed by atoms with Crippen LogP contribution in [0.1, 0.15) is 37.7 Å². The van der Waals surface area contributed by atoms with Gasteiger partial charge in [0, 0.05) is 12.6 Å². The van der Waals surface area contributed by atoms with E-state index < -0.39 is 0 Å². The highest BCUT2D eigenvalue weighted by Crippen LogP contribution is 2.56. The summed E-state index contributed by atoms with van der Waals surface area (Å²) in [6, 6.07) is 2.61. The van der Waals surface area contributed by atoms with Crippen molar-refractivity contribution in [2.45, 2.75) is 44.7 Å². The number of thiophene rings is 1.